The maximum Gasteiger partial charge on any atom is 0.261 e. The van der Waals surface area contributed by atoms with E-state index in [1.165, 1.54) is 6.42 Å². The smallest absolute Gasteiger partial charge is 0.261 e. The number of hydrogen-bond acceptors (Lipinski definition) is 3. The Bertz CT molecular complexity index is 789. The van der Waals surface area contributed by atoms with Gasteiger partial charge in [0.2, 0.25) is 5.91 Å². The number of nitrogens with zero attached hydrogens (tertiary/aromatic N) is 1. The number of carbonyl (C=O) groups excluding carboxylic acids is 2. The molecule has 160 valence electrons. The van der Waals surface area contributed by atoms with Gasteiger partial charge < -0.3 is 15.0 Å². The molecule has 2 aromatic carbocycles. The van der Waals surface area contributed by atoms with E-state index in [4.69, 9.17) is 4.74 Å². The summed E-state index contributed by atoms with van der Waals surface area (Å²) in [4.78, 5) is 27.5. The van der Waals surface area contributed by atoms with Gasteiger partial charge in [-0.05, 0) is 43.9 Å². The van der Waals surface area contributed by atoms with Crippen molar-refractivity contribution < 1.29 is 14.3 Å². The van der Waals surface area contributed by atoms with E-state index in [1.54, 1.807) is 4.90 Å². The largest absolute Gasteiger partial charge is 0.484 e. The van der Waals surface area contributed by atoms with Gasteiger partial charge in [0.15, 0.2) is 6.61 Å². The molecule has 0 aliphatic heterocycles. The predicted molar refractivity (Wildman–Crippen MR) is 118 cm³/mol. The molecule has 5 heteroatoms. The number of para-hydroxylation sites is 1. The van der Waals surface area contributed by atoms with E-state index in [-0.39, 0.29) is 24.5 Å². The first-order chi connectivity index (χ1) is 14.6. The molecule has 2 aromatic rings. The molecule has 0 saturated heterocycles. The summed E-state index contributed by atoms with van der Waals surface area (Å²) in [5.41, 5.74) is 1.14. The molecule has 3 rings (SSSR count). The van der Waals surface area contributed by atoms with Crippen LogP contribution in [0.25, 0.3) is 0 Å². The molecule has 5 nitrogen and oxygen atoms in total. The average molecular weight is 409 g/mol. The van der Waals surface area contributed by atoms with Crippen LogP contribution in [0.5, 0.6) is 5.75 Å². The molecule has 0 spiro atoms. The molecular weight excluding hydrogens is 376 g/mol. The lowest BCUT2D eigenvalue weighted by atomic mass is 9.95. The van der Waals surface area contributed by atoms with Crippen molar-refractivity contribution in [2.45, 2.75) is 57.5 Å². The first-order valence-electron chi connectivity index (χ1n) is 10.9. The summed E-state index contributed by atoms with van der Waals surface area (Å²) in [7, 11) is 0. The minimum atomic E-state index is -0.539. The molecule has 0 aromatic heterocycles. The molecule has 0 radical (unpaired) electrons. The quantitative estimate of drug-likeness (QED) is 0.683. The minimum absolute atomic E-state index is 0.0805. The fourth-order valence-corrected chi connectivity index (χ4v) is 3.88. The monoisotopic (exact) mass is 408 g/mol. The molecule has 1 N–H and O–H groups in total. The van der Waals surface area contributed by atoms with Gasteiger partial charge in [-0.25, -0.2) is 0 Å². The van der Waals surface area contributed by atoms with Gasteiger partial charge in [-0.1, -0.05) is 67.8 Å². The number of carbonyl (C=O) groups is 2. The van der Waals surface area contributed by atoms with Crippen LogP contribution in [0.4, 0.5) is 0 Å². The first-order valence-corrected chi connectivity index (χ1v) is 10.9. The topological polar surface area (TPSA) is 58.6 Å². The number of nitrogens with one attached hydrogen (secondary N) is 1. The van der Waals surface area contributed by atoms with E-state index in [0.29, 0.717) is 18.7 Å². The van der Waals surface area contributed by atoms with E-state index in [9.17, 15) is 9.59 Å². The van der Waals surface area contributed by atoms with Gasteiger partial charge in [0.05, 0.1) is 0 Å². The normalized spacial score (nSPS) is 15.2. The molecule has 0 bridgehead atoms. The third-order valence-electron chi connectivity index (χ3n) is 5.71. The third kappa shape index (κ3) is 6.61. The van der Waals surface area contributed by atoms with Crippen molar-refractivity contribution in [2.24, 2.45) is 0 Å². The third-order valence-corrected chi connectivity index (χ3v) is 5.71. The molecule has 30 heavy (non-hydrogen) atoms. The van der Waals surface area contributed by atoms with Gasteiger partial charge in [0.25, 0.3) is 5.91 Å². The highest BCUT2D eigenvalue weighted by molar-refractivity contribution is 5.88. The second-order valence-corrected chi connectivity index (χ2v) is 7.94. The molecule has 1 atom stereocenters. The minimum Gasteiger partial charge on any atom is -0.484 e. The zero-order valence-electron chi connectivity index (χ0n) is 17.8. The van der Waals surface area contributed by atoms with Gasteiger partial charge in [-0.15, -0.1) is 0 Å². The summed E-state index contributed by atoms with van der Waals surface area (Å²) in [6.07, 6.45) is 6.28. The lowest BCUT2D eigenvalue weighted by molar-refractivity contribution is -0.141. The maximum absolute atomic E-state index is 13.0. The van der Waals surface area contributed by atoms with Crippen LogP contribution in [0, 0.1) is 0 Å². The van der Waals surface area contributed by atoms with Crippen molar-refractivity contribution in [3.05, 3.63) is 66.2 Å². The van der Waals surface area contributed by atoms with Gasteiger partial charge in [0.1, 0.15) is 11.8 Å². The number of benzene rings is 2. The lowest BCUT2D eigenvalue weighted by Gasteiger charge is -2.31. The van der Waals surface area contributed by atoms with Crippen LogP contribution < -0.4 is 10.1 Å². The molecule has 0 unspecified atom stereocenters. The zero-order chi connectivity index (χ0) is 21.2. The highest BCUT2D eigenvalue weighted by Gasteiger charge is 2.28. The van der Waals surface area contributed by atoms with Gasteiger partial charge in [-0.2, -0.15) is 0 Å². The van der Waals surface area contributed by atoms with E-state index < -0.39 is 6.04 Å². The number of rotatable bonds is 9. The number of amides is 2. The number of ether oxygens (including phenoxy) is 1. The summed E-state index contributed by atoms with van der Waals surface area (Å²) < 4.78 is 5.66. The molecular formula is C25H32N2O3. The van der Waals surface area contributed by atoms with Crippen LogP contribution in [0.3, 0.4) is 0 Å². The molecule has 2 amide bonds. The standard InChI is InChI=1S/C25H32N2O3/c1-20(25(29)26-22-13-7-3-8-14-22)27(18-17-21-11-5-2-6-12-21)24(28)19-30-23-15-9-4-10-16-23/h2,4-6,9-12,15-16,20,22H,3,7-8,13-14,17-19H2,1H3,(H,26,29)/t20-/m0/s1. The van der Waals surface area contributed by atoms with Crippen LogP contribution in [0.1, 0.15) is 44.6 Å². The van der Waals surface area contributed by atoms with Crippen molar-refractivity contribution in [1.29, 1.82) is 0 Å². The Kier molecular flexibility index (Phi) is 8.30. The molecule has 1 saturated carbocycles. The summed E-state index contributed by atoms with van der Waals surface area (Å²) in [6, 6.07) is 19.0. The Balaban J connectivity index is 1.63. The fraction of sp³-hybridized carbons (Fsp3) is 0.440. The van der Waals surface area contributed by atoms with Crippen molar-refractivity contribution in [3.63, 3.8) is 0 Å². The van der Waals surface area contributed by atoms with Crippen molar-refractivity contribution in [2.75, 3.05) is 13.2 Å². The highest BCUT2D eigenvalue weighted by atomic mass is 16.5. The predicted octanol–water partition coefficient (Wildman–Crippen LogP) is 3.97. The second kappa shape index (κ2) is 11.4. The molecule has 1 fully saturated rings. The van der Waals surface area contributed by atoms with Gasteiger partial charge in [-0.3, -0.25) is 9.59 Å². The van der Waals surface area contributed by atoms with Crippen LogP contribution in [0.15, 0.2) is 60.7 Å². The molecule has 1 aliphatic carbocycles. The summed E-state index contributed by atoms with van der Waals surface area (Å²) >= 11 is 0. The maximum atomic E-state index is 13.0. The van der Waals surface area contributed by atoms with Gasteiger partial charge in [0, 0.05) is 12.6 Å². The fourth-order valence-electron chi connectivity index (χ4n) is 3.88. The van der Waals surface area contributed by atoms with E-state index >= 15 is 0 Å². The zero-order valence-corrected chi connectivity index (χ0v) is 17.8. The van der Waals surface area contributed by atoms with Crippen LogP contribution in [0.2, 0.25) is 0 Å². The summed E-state index contributed by atoms with van der Waals surface area (Å²) in [6.45, 7) is 2.20. The Morgan fingerprint density at radius 2 is 1.63 bits per heavy atom. The average Bonchev–Trinajstić information content (AvgIpc) is 2.79. The summed E-state index contributed by atoms with van der Waals surface area (Å²) in [5, 5.41) is 3.15. The lowest BCUT2D eigenvalue weighted by Crippen LogP contribution is -2.52. The van der Waals surface area contributed by atoms with Crippen LogP contribution in [-0.4, -0.2) is 41.9 Å². The van der Waals surface area contributed by atoms with Crippen molar-refractivity contribution >= 4 is 11.8 Å². The Labute approximate surface area is 179 Å². The molecule has 1 aliphatic rings. The van der Waals surface area contributed by atoms with E-state index in [2.05, 4.69) is 5.32 Å². The Morgan fingerprint density at radius 3 is 2.30 bits per heavy atom. The second-order valence-electron chi connectivity index (χ2n) is 7.94. The molecule has 0 heterocycles. The van der Waals surface area contributed by atoms with Crippen molar-refractivity contribution in [3.8, 4) is 5.75 Å². The number of hydrogen-bond donors (Lipinski definition) is 1. The Hall–Kier alpha value is -2.82. The van der Waals surface area contributed by atoms with E-state index in [0.717, 1.165) is 31.2 Å². The van der Waals surface area contributed by atoms with E-state index in [1.807, 2.05) is 67.6 Å². The first kappa shape index (κ1) is 21.9. The van der Waals surface area contributed by atoms with Gasteiger partial charge >= 0.3 is 0 Å². The summed E-state index contributed by atoms with van der Waals surface area (Å²) in [5.74, 6) is 0.386. The SMILES string of the molecule is C[C@@H](C(=O)NC1CCCCC1)N(CCc1ccccc1)C(=O)COc1ccccc1. The van der Waals surface area contributed by atoms with Crippen molar-refractivity contribution in [1.82, 2.24) is 10.2 Å². The van der Waals surface area contributed by atoms with Crippen LogP contribution in [-0.2, 0) is 16.0 Å². The Morgan fingerprint density at radius 1 is 1.00 bits per heavy atom. The highest BCUT2D eigenvalue weighted by Crippen LogP contribution is 2.18. The van der Waals surface area contributed by atoms with Crippen LogP contribution >= 0.6 is 0 Å².